The van der Waals surface area contributed by atoms with Gasteiger partial charge in [0.05, 0.1) is 17.7 Å². The summed E-state index contributed by atoms with van der Waals surface area (Å²) >= 11 is 0. The maximum Gasteiger partial charge on any atom is 0.335 e. The fraction of sp³-hybridized carbons (Fsp3) is 0.316. The van der Waals surface area contributed by atoms with E-state index >= 15 is 0 Å². The molecular weight excluding hydrogens is 290 g/mol. The van der Waals surface area contributed by atoms with E-state index < -0.39 is 5.97 Å². The molecule has 0 atom stereocenters. The number of rotatable bonds is 6. The van der Waals surface area contributed by atoms with Gasteiger partial charge < -0.3 is 14.4 Å². The fourth-order valence-corrected chi connectivity index (χ4v) is 2.90. The first-order valence-corrected chi connectivity index (χ1v) is 7.90. The van der Waals surface area contributed by atoms with Crippen LogP contribution in [0.5, 0.6) is 0 Å². The van der Waals surface area contributed by atoms with Crippen LogP contribution in [0.3, 0.4) is 0 Å². The molecule has 0 bridgehead atoms. The normalized spacial score (nSPS) is 11.6. The van der Waals surface area contributed by atoms with E-state index in [1.165, 1.54) is 0 Å². The van der Waals surface area contributed by atoms with Crippen molar-refractivity contribution in [2.75, 3.05) is 13.2 Å². The predicted molar refractivity (Wildman–Crippen MR) is 92.1 cm³/mol. The molecule has 0 unspecified atom stereocenters. The van der Waals surface area contributed by atoms with Crippen molar-refractivity contribution in [2.24, 2.45) is 5.92 Å². The summed E-state index contributed by atoms with van der Waals surface area (Å²) in [6.45, 7) is 6.31. The van der Waals surface area contributed by atoms with Gasteiger partial charge in [0.15, 0.2) is 0 Å². The fourth-order valence-electron chi connectivity index (χ4n) is 2.90. The third kappa shape index (κ3) is 3.08. The second kappa shape index (κ2) is 6.42. The van der Waals surface area contributed by atoms with Crippen LogP contribution in [-0.4, -0.2) is 28.9 Å². The highest BCUT2D eigenvalue weighted by atomic mass is 16.5. The van der Waals surface area contributed by atoms with Gasteiger partial charge in [-0.25, -0.2) is 4.79 Å². The largest absolute Gasteiger partial charge is 0.478 e. The van der Waals surface area contributed by atoms with Gasteiger partial charge in [0, 0.05) is 29.4 Å². The first-order chi connectivity index (χ1) is 11.1. The molecular formula is C19H21NO3. The van der Waals surface area contributed by atoms with Gasteiger partial charge in [-0.3, -0.25) is 0 Å². The van der Waals surface area contributed by atoms with Crippen LogP contribution in [0.2, 0.25) is 0 Å². The van der Waals surface area contributed by atoms with E-state index in [0.717, 1.165) is 28.4 Å². The van der Waals surface area contributed by atoms with Gasteiger partial charge in [-0.2, -0.15) is 0 Å². The third-order valence-corrected chi connectivity index (χ3v) is 3.93. The topological polar surface area (TPSA) is 51.5 Å². The van der Waals surface area contributed by atoms with Crippen LogP contribution in [0.1, 0.15) is 24.2 Å². The van der Waals surface area contributed by atoms with Crippen molar-refractivity contribution < 1.29 is 14.6 Å². The smallest absolute Gasteiger partial charge is 0.335 e. The number of fused-ring (bicyclic) bond motifs is 3. The van der Waals surface area contributed by atoms with Crippen molar-refractivity contribution in [3.05, 3.63) is 48.0 Å². The first-order valence-electron chi connectivity index (χ1n) is 7.90. The van der Waals surface area contributed by atoms with Gasteiger partial charge >= 0.3 is 5.97 Å². The lowest BCUT2D eigenvalue weighted by molar-refractivity contribution is 0.0697. The number of carboxylic acids is 1. The second-order valence-corrected chi connectivity index (χ2v) is 6.17. The molecule has 0 spiro atoms. The summed E-state index contributed by atoms with van der Waals surface area (Å²) in [5.74, 6) is -0.397. The van der Waals surface area contributed by atoms with Crippen LogP contribution >= 0.6 is 0 Å². The van der Waals surface area contributed by atoms with E-state index in [-0.39, 0.29) is 0 Å². The summed E-state index contributed by atoms with van der Waals surface area (Å²) in [4.78, 5) is 11.3. The Balaban J connectivity index is 2.04. The first kappa shape index (κ1) is 15.6. The highest BCUT2D eigenvalue weighted by molar-refractivity contribution is 6.09. The van der Waals surface area contributed by atoms with Crippen LogP contribution in [0.4, 0.5) is 0 Å². The second-order valence-electron chi connectivity index (χ2n) is 6.17. The van der Waals surface area contributed by atoms with Crippen LogP contribution in [0.25, 0.3) is 21.8 Å². The number of aromatic carboxylic acids is 1. The average molecular weight is 311 g/mol. The highest BCUT2D eigenvalue weighted by Gasteiger charge is 2.12. The molecule has 0 aliphatic rings. The zero-order chi connectivity index (χ0) is 16.4. The van der Waals surface area contributed by atoms with E-state index in [1.54, 1.807) is 12.1 Å². The molecule has 1 aromatic heterocycles. The number of aromatic nitrogens is 1. The minimum atomic E-state index is -0.903. The quantitative estimate of drug-likeness (QED) is 0.695. The molecule has 0 aliphatic heterocycles. The van der Waals surface area contributed by atoms with Gasteiger partial charge in [-0.1, -0.05) is 38.1 Å². The SMILES string of the molecule is CC(C)COCCn1c2ccccc2c2ccc(C(=O)O)cc21. The molecule has 3 aromatic rings. The number of para-hydroxylation sites is 1. The minimum Gasteiger partial charge on any atom is -0.478 e. The Labute approximate surface area is 135 Å². The molecule has 0 radical (unpaired) electrons. The Hall–Kier alpha value is -2.33. The van der Waals surface area contributed by atoms with E-state index in [4.69, 9.17) is 4.74 Å². The lowest BCUT2D eigenvalue weighted by Crippen LogP contribution is -2.09. The summed E-state index contributed by atoms with van der Waals surface area (Å²) in [5, 5.41) is 11.5. The van der Waals surface area contributed by atoms with Crippen molar-refractivity contribution in [2.45, 2.75) is 20.4 Å². The predicted octanol–water partition coefficient (Wildman–Crippen LogP) is 4.17. The lowest BCUT2D eigenvalue weighted by atomic mass is 10.1. The zero-order valence-electron chi connectivity index (χ0n) is 13.5. The van der Waals surface area contributed by atoms with Crippen LogP contribution in [0.15, 0.2) is 42.5 Å². The molecule has 0 saturated heterocycles. The van der Waals surface area contributed by atoms with Gasteiger partial charge in [0.25, 0.3) is 0 Å². The summed E-state index contributed by atoms with van der Waals surface area (Å²) in [7, 11) is 0. The molecule has 4 heteroatoms. The highest BCUT2D eigenvalue weighted by Crippen LogP contribution is 2.29. The molecule has 0 amide bonds. The zero-order valence-corrected chi connectivity index (χ0v) is 13.5. The van der Waals surface area contributed by atoms with Gasteiger partial charge in [-0.05, 0) is 24.1 Å². The van der Waals surface area contributed by atoms with E-state index in [1.807, 2.05) is 18.2 Å². The standard InChI is InChI=1S/C19H21NO3/c1-13(2)12-23-10-9-20-17-6-4-3-5-15(17)16-8-7-14(19(21)22)11-18(16)20/h3-8,11,13H,9-10,12H2,1-2H3,(H,21,22). The van der Waals surface area contributed by atoms with Crippen molar-refractivity contribution in [1.29, 1.82) is 0 Å². The van der Waals surface area contributed by atoms with E-state index in [9.17, 15) is 9.90 Å². The molecule has 23 heavy (non-hydrogen) atoms. The van der Waals surface area contributed by atoms with Gasteiger partial charge in [0.2, 0.25) is 0 Å². The lowest BCUT2D eigenvalue weighted by Gasteiger charge is -2.10. The summed E-state index contributed by atoms with van der Waals surface area (Å²) in [5.41, 5.74) is 2.36. The molecule has 0 saturated carbocycles. The molecule has 120 valence electrons. The Morgan fingerprint density at radius 3 is 2.61 bits per heavy atom. The van der Waals surface area contributed by atoms with Crippen molar-refractivity contribution >= 4 is 27.8 Å². The molecule has 2 aromatic carbocycles. The number of hydrogen-bond acceptors (Lipinski definition) is 2. The maximum absolute atomic E-state index is 11.3. The third-order valence-electron chi connectivity index (χ3n) is 3.93. The van der Waals surface area contributed by atoms with Gasteiger partial charge in [-0.15, -0.1) is 0 Å². The number of carboxylic acid groups (broad SMARTS) is 1. The summed E-state index contributed by atoms with van der Waals surface area (Å²) < 4.78 is 7.86. The number of nitrogens with zero attached hydrogens (tertiary/aromatic N) is 1. The molecule has 0 fully saturated rings. The Morgan fingerprint density at radius 2 is 1.87 bits per heavy atom. The number of carbonyl (C=O) groups is 1. The molecule has 1 N–H and O–H groups in total. The molecule has 3 rings (SSSR count). The Kier molecular flexibility index (Phi) is 4.35. The van der Waals surface area contributed by atoms with Crippen LogP contribution in [0, 0.1) is 5.92 Å². The number of ether oxygens (including phenoxy) is 1. The monoisotopic (exact) mass is 311 g/mol. The average Bonchev–Trinajstić information content (AvgIpc) is 2.85. The van der Waals surface area contributed by atoms with Crippen LogP contribution < -0.4 is 0 Å². The molecule has 4 nitrogen and oxygen atoms in total. The minimum absolute atomic E-state index is 0.310. The van der Waals surface area contributed by atoms with Crippen molar-refractivity contribution in [3.8, 4) is 0 Å². The van der Waals surface area contributed by atoms with Crippen molar-refractivity contribution in [3.63, 3.8) is 0 Å². The summed E-state index contributed by atoms with van der Waals surface area (Å²) in [6.07, 6.45) is 0. The van der Waals surface area contributed by atoms with Gasteiger partial charge in [0.1, 0.15) is 0 Å². The maximum atomic E-state index is 11.3. The summed E-state index contributed by atoms with van der Waals surface area (Å²) in [6, 6.07) is 13.5. The van der Waals surface area contributed by atoms with E-state index in [0.29, 0.717) is 24.6 Å². The number of hydrogen-bond donors (Lipinski definition) is 1. The van der Waals surface area contributed by atoms with E-state index in [2.05, 4.69) is 30.5 Å². The Bertz CT molecular complexity index is 848. The number of benzene rings is 2. The van der Waals surface area contributed by atoms with Crippen molar-refractivity contribution in [1.82, 2.24) is 4.57 Å². The Morgan fingerprint density at radius 1 is 1.13 bits per heavy atom. The van der Waals surface area contributed by atoms with Crippen LogP contribution in [-0.2, 0) is 11.3 Å². The molecule has 1 heterocycles. The molecule has 0 aliphatic carbocycles.